The van der Waals surface area contributed by atoms with Gasteiger partial charge in [0.1, 0.15) is 17.3 Å². The average molecular weight is 279 g/mol. The van der Waals surface area contributed by atoms with Crippen LogP contribution in [0.15, 0.2) is 42.6 Å². The van der Waals surface area contributed by atoms with Gasteiger partial charge in [0.25, 0.3) is 0 Å². The summed E-state index contributed by atoms with van der Waals surface area (Å²) in [7, 11) is 0. The van der Waals surface area contributed by atoms with Gasteiger partial charge in [0, 0.05) is 11.2 Å². The minimum Gasteiger partial charge on any atom is -0.489 e. The Morgan fingerprint density at radius 1 is 1.33 bits per heavy atom. The molecule has 18 heavy (non-hydrogen) atoms. The van der Waals surface area contributed by atoms with Crippen molar-refractivity contribution in [2.75, 3.05) is 0 Å². The maximum Gasteiger partial charge on any atom is 0.122 e. The molecule has 0 atom stereocenters. The van der Waals surface area contributed by atoms with Crippen LogP contribution in [-0.2, 0) is 6.61 Å². The largest absolute Gasteiger partial charge is 0.489 e. The summed E-state index contributed by atoms with van der Waals surface area (Å²) in [6.07, 6.45) is 1.66. The van der Waals surface area contributed by atoms with Crippen molar-refractivity contribution in [1.82, 2.24) is 4.98 Å². The number of pyridine rings is 1. The molecule has 0 amide bonds. The molecule has 0 spiro atoms. The second kappa shape index (κ2) is 5.80. The number of aromatic nitrogens is 1. The van der Waals surface area contributed by atoms with Gasteiger partial charge in [-0.15, -0.1) is 0 Å². The van der Waals surface area contributed by atoms with Gasteiger partial charge in [0.2, 0.25) is 0 Å². The highest BCUT2D eigenvalue weighted by Crippen LogP contribution is 2.18. The lowest BCUT2D eigenvalue weighted by Gasteiger charge is -2.07. The SMILES string of the molecule is NC(=S)c1cc(COc2cccc(Cl)c2)ccn1. The van der Waals surface area contributed by atoms with Crippen LogP contribution in [0.4, 0.5) is 0 Å². The third-order valence-electron chi connectivity index (χ3n) is 2.28. The highest BCUT2D eigenvalue weighted by atomic mass is 35.5. The summed E-state index contributed by atoms with van der Waals surface area (Å²) < 4.78 is 5.61. The first kappa shape index (κ1) is 12.8. The van der Waals surface area contributed by atoms with Crippen molar-refractivity contribution in [3.05, 3.63) is 58.9 Å². The number of rotatable bonds is 4. The zero-order chi connectivity index (χ0) is 13.0. The van der Waals surface area contributed by atoms with E-state index in [9.17, 15) is 0 Å². The summed E-state index contributed by atoms with van der Waals surface area (Å²) >= 11 is 10.7. The van der Waals surface area contributed by atoms with E-state index >= 15 is 0 Å². The Hall–Kier alpha value is -1.65. The number of benzene rings is 1. The molecule has 1 heterocycles. The van der Waals surface area contributed by atoms with Gasteiger partial charge >= 0.3 is 0 Å². The van der Waals surface area contributed by atoms with Gasteiger partial charge < -0.3 is 10.5 Å². The summed E-state index contributed by atoms with van der Waals surface area (Å²) in [6.45, 7) is 0.415. The number of hydrogen-bond donors (Lipinski definition) is 1. The highest BCUT2D eigenvalue weighted by molar-refractivity contribution is 7.80. The summed E-state index contributed by atoms with van der Waals surface area (Å²) in [6, 6.07) is 10.9. The molecule has 0 saturated carbocycles. The van der Waals surface area contributed by atoms with Gasteiger partial charge in [-0.1, -0.05) is 29.9 Å². The van der Waals surface area contributed by atoms with E-state index in [1.54, 1.807) is 18.3 Å². The van der Waals surface area contributed by atoms with Crippen LogP contribution in [0.2, 0.25) is 5.02 Å². The fraction of sp³-hybridized carbons (Fsp3) is 0.0769. The third-order valence-corrected chi connectivity index (χ3v) is 2.72. The van der Waals surface area contributed by atoms with Gasteiger partial charge in [-0.2, -0.15) is 0 Å². The number of nitrogens with two attached hydrogens (primary N) is 1. The quantitative estimate of drug-likeness (QED) is 0.874. The van der Waals surface area contributed by atoms with Crippen LogP contribution >= 0.6 is 23.8 Å². The molecule has 0 bridgehead atoms. The van der Waals surface area contributed by atoms with Gasteiger partial charge in [-0.25, -0.2) is 0 Å². The number of hydrogen-bond acceptors (Lipinski definition) is 3. The molecule has 5 heteroatoms. The van der Waals surface area contributed by atoms with Gasteiger partial charge in [0.15, 0.2) is 0 Å². The molecule has 0 aliphatic heterocycles. The molecular weight excluding hydrogens is 268 g/mol. The lowest BCUT2D eigenvalue weighted by atomic mass is 10.2. The second-order valence-corrected chi connectivity index (χ2v) is 4.54. The standard InChI is InChI=1S/C13H11ClN2OS/c14-10-2-1-3-11(7-10)17-8-9-4-5-16-12(6-9)13(15)18/h1-7H,8H2,(H2,15,18). The molecule has 0 unspecified atom stereocenters. The second-order valence-electron chi connectivity index (χ2n) is 3.66. The minimum atomic E-state index is 0.277. The van der Waals surface area contributed by atoms with E-state index in [0.717, 1.165) is 11.3 Å². The van der Waals surface area contributed by atoms with Crippen molar-refractivity contribution < 1.29 is 4.74 Å². The lowest BCUT2D eigenvalue weighted by Crippen LogP contribution is -2.12. The van der Waals surface area contributed by atoms with E-state index < -0.39 is 0 Å². The molecule has 2 aromatic rings. The first-order chi connectivity index (χ1) is 8.65. The third kappa shape index (κ3) is 3.42. The van der Waals surface area contributed by atoms with Crippen LogP contribution in [0.3, 0.4) is 0 Å². The van der Waals surface area contributed by atoms with Crippen LogP contribution < -0.4 is 10.5 Å². The monoisotopic (exact) mass is 278 g/mol. The topological polar surface area (TPSA) is 48.1 Å². The molecule has 0 aliphatic carbocycles. The number of halogens is 1. The van der Waals surface area contributed by atoms with E-state index in [4.69, 9.17) is 34.3 Å². The first-order valence-electron chi connectivity index (χ1n) is 5.28. The maximum atomic E-state index is 5.87. The number of nitrogens with zero attached hydrogens (tertiary/aromatic N) is 1. The Balaban J connectivity index is 2.06. The Bertz CT molecular complexity index is 574. The minimum absolute atomic E-state index is 0.277. The Morgan fingerprint density at radius 3 is 2.89 bits per heavy atom. The molecule has 0 radical (unpaired) electrons. The average Bonchev–Trinajstić information content (AvgIpc) is 2.37. The van der Waals surface area contributed by atoms with Gasteiger partial charge in [-0.3, -0.25) is 4.98 Å². The molecule has 92 valence electrons. The lowest BCUT2D eigenvalue weighted by molar-refractivity contribution is 0.306. The van der Waals surface area contributed by atoms with Crippen molar-refractivity contribution in [1.29, 1.82) is 0 Å². The van der Waals surface area contributed by atoms with Crippen LogP contribution in [0, 0.1) is 0 Å². The summed E-state index contributed by atoms with van der Waals surface area (Å²) in [5.74, 6) is 0.719. The summed E-state index contributed by atoms with van der Waals surface area (Å²) in [5, 5.41) is 0.644. The molecule has 3 nitrogen and oxygen atoms in total. The van der Waals surface area contributed by atoms with Crippen LogP contribution in [-0.4, -0.2) is 9.97 Å². The van der Waals surface area contributed by atoms with Crippen molar-refractivity contribution in [2.45, 2.75) is 6.61 Å². The fourth-order valence-electron chi connectivity index (χ4n) is 1.42. The van der Waals surface area contributed by atoms with E-state index in [1.165, 1.54) is 0 Å². The predicted molar refractivity (Wildman–Crippen MR) is 75.9 cm³/mol. The molecule has 0 fully saturated rings. The van der Waals surface area contributed by atoms with Crippen LogP contribution in [0.1, 0.15) is 11.3 Å². The van der Waals surface area contributed by atoms with Crippen molar-refractivity contribution in [3.63, 3.8) is 0 Å². The number of ether oxygens (including phenoxy) is 1. The fourth-order valence-corrected chi connectivity index (χ4v) is 1.71. The zero-order valence-electron chi connectivity index (χ0n) is 9.47. The maximum absolute atomic E-state index is 5.87. The normalized spacial score (nSPS) is 10.1. The zero-order valence-corrected chi connectivity index (χ0v) is 11.0. The van der Waals surface area contributed by atoms with Gasteiger partial charge in [-0.05, 0) is 35.9 Å². The van der Waals surface area contributed by atoms with Crippen molar-refractivity contribution >= 4 is 28.8 Å². The molecule has 0 saturated heterocycles. The van der Waals surface area contributed by atoms with E-state index in [0.29, 0.717) is 17.3 Å². The van der Waals surface area contributed by atoms with Crippen LogP contribution in [0.5, 0.6) is 5.75 Å². The van der Waals surface area contributed by atoms with E-state index in [-0.39, 0.29) is 4.99 Å². The van der Waals surface area contributed by atoms with E-state index in [1.807, 2.05) is 24.3 Å². The molecule has 1 aromatic heterocycles. The predicted octanol–water partition coefficient (Wildman–Crippen LogP) is 2.95. The number of thiocarbonyl (C=S) groups is 1. The molecule has 2 rings (SSSR count). The Kier molecular flexibility index (Phi) is 4.12. The molecular formula is C13H11ClN2OS. The van der Waals surface area contributed by atoms with Crippen molar-refractivity contribution in [3.8, 4) is 5.75 Å². The molecule has 0 aliphatic rings. The summed E-state index contributed by atoms with van der Waals surface area (Å²) in [4.78, 5) is 4.34. The molecule has 1 aromatic carbocycles. The van der Waals surface area contributed by atoms with Crippen LogP contribution in [0.25, 0.3) is 0 Å². The Labute approximate surface area is 116 Å². The molecule has 2 N–H and O–H groups in total. The summed E-state index contributed by atoms with van der Waals surface area (Å²) in [5.41, 5.74) is 7.07. The first-order valence-corrected chi connectivity index (χ1v) is 6.07. The van der Waals surface area contributed by atoms with Crippen molar-refractivity contribution in [2.24, 2.45) is 5.73 Å². The van der Waals surface area contributed by atoms with E-state index in [2.05, 4.69) is 4.98 Å². The highest BCUT2D eigenvalue weighted by Gasteiger charge is 2.01. The van der Waals surface area contributed by atoms with Gasteiger partial charge in [0.05, 0.1) is 5.69 Å². The Morgan fingerprint density at radius 2 is 2.17 bits per heavy atom. The smallest absolute Gasteiger partial charge is 0.122 e.